The SMILES string of the molecule is C[C@H](O)COCC(COC[C@@H](C)O)(COC[C@@H](C)O)COC[C@@H](C)O. The van der Waals surface area contributed by atoms with Crippen molar-refractivity contribution in [3.05, 3.63) is 0 Å². The molecule has 0 radical (unpaired) electrons. The Morgan fingerprint density at radius 2 is 0.720 bits per heavy atom. The van der Waals surface area contributed by atoms with Gasteiger partial charge in [0.1, 0.15) is 0 Å². The van der Waals surface area contributed by atoms with Crippen molar-refractivity contribution in [1.82, 2.24) is 0 Å². The second-order valence-electron chi connectivity index (χ2n) is 6.96. The van der Waals surface area contributed by atoms with Crippen molar-refractivity contribution >= 4 is 0 Å². The number of ether oxygens (including phenoxy) is 4. The van der Waals surface area contributed by atoms with E-state index in [4.69, 9.17) is 18.9 Å². The minimum Gasteiger partial charge on any atom is -0.391 e. The number of aliphatic hydroxyl groups is 4. The van der Waals surface area contributed by atoms with Gasteiger partial charge in [-0.15, -0.1) is 0 Å². The number of hydrogen-bond donors (Lipinski definition) is 4. The standard InChI is InChI=1S/C17H36O8/c1-13(18)5-22-9-17(10-23-6-14(2)19,11-24-7-15(3)20)12-25-8-16(4)21/h13-16,18-21H,5-12H2,1-4H3/t13-,14-,15-,16+/m1/s1. The molecule has 0 heterocycles. The molecule has 0 unspecified atom stereocenters. The molecule has 0 aliphatic rings. The molecule has 8 nitrogen and oxygen atoms in total. The Hall–Kier alpha value is -0.320. The molecule has 0 rings (SSSR count). The topological polar surface area (TPSA) is 118 Å². The molecule has 4 atom stereocenters. The van der Waals surface area contributed by atoms with Gasteiger partial charge in [0.25, 0.3) is 0 Å². The van der Waals surface area contributed by atoms with Crippen molar-refractivity contribution < 1.29 is 39.4 Å². The van der Waals surface area contributed by atoms with Gasteiger partial charge in [-0.2, -0.15) is 0 Å². The van der Waals surface area contributed by atoms with Crippen LogP contribution < -0.4 is 0 Å². The van der Waals surface area contributed by atoms with Crippen molar-refractivity contribution in [1.29, 1.82) is 0 Å². The van der Waals surface area contributed by atoms with Gasteiger partial charge in [0.15, 0.2) is 0 Å². The van der Waals surface area contributed by atoms with Crippen LogP contribution in [0.4, 0.5) is 0 Å². The second kappa shape index (κ2) is 13.8. The fourth-order valence-electron chi connectivity index (χ4n) is 2.03. The van der Waals surface area contributed by atoms with Crippen LogP contribution in [-0.2, 0) is 18.9 Å². The summed E-state index contributed by atoms with van der Waals surface area (Å²) in [6.07, 6.45) is -2.42. The Kier molecular flexibility index (Phi) is 13.7. The normalized spacial score (nSPS) is 17.3. The van der Waals surface area contributed by atoms with E-state index < -0.39 is 29.8 Å². The molecule has 8 heteroatoms. The summed E-state index contributed by atoms with van der Waals surface area (Å²) >= 11 is 0. The fraction of sp³-hybridized carbons (Fsp3) is 1.00. The lowest BCUT2D eigenvalue weighted by atomic mass is 9.92. The lowest BCUT2D eigenvalue weighted by molar-refractivity contribution is -0.128. The van der Waals surface area contributed by atoms with Crippen LogP contribution in [0.25, 0.3) is 0 Å². The van der Waals surface area contributed by atoms with Crippen molar-refractivity contribution in [3.8, 4) is 0 Å². The summed E-state index contributed by atoms with van der Waals surface area (Å²) in [6, 6.07) is 0. The maximum Gasteiger partial charge on any atom is 0.0745 e. The first kappa shape index (κ1) is 24.7. The maximum atomic E-state index is 9.38. The molecule has 0 aromatic rings. The van der Waals surface area contributed by atoms with E-state index in [1.807, 2.05) is 0 Å². The number of hydrogen-bond acceptors (Lipinski definition) is 8. The Bertz CT molecular complexity index is 246. The van der Waals surface area contributed by atoms with Crippen LogP contribution >= 0.6 is 0 Å². The van der Waals surface area contributed by atoms with E-state index in [0.717, 1.165) is 0 Å². The first-order valence-corrected chi connectivity index (χ1v) is 8.70. The molecule has 4 N–H and O–H groups in total. The van der Waals surface area contributed by atoms with Gasteiger partial charge in [-0.25, -0.2) is 0 Å². The van der Waals surface area contributed by atoms with E-state index in [0.29, 0.717) is 0 Å². The van der Waals surface area contributed by atoms with Crippen LogP contribution in [0.5, 0.6) is 0 Å². The van der Waals surface area contributed by atoms with Gasteiger partial charge in [-0.05, 0) is 27.7 Å². The molecule has 0 aromatic heterocycles. The molecule has 0 amide bonds. The van der Waals surface area contributed by atoms with E-state index in [-0.39, 0.29) is 52.9 Å². The van der Waals surface area contributed by atoms with E-state index in [2.05, 4.69) is 0 Å². The first-order chi connectivity index (χ1) is 11.7. The van der Waals surface area contributed by atoms with Gasteiger partial charge < -0.3 is 39.4 Å². The summed E-state index contributed by atoms with van der Waals surface area (Å²) in [4.78, 5) is 0. The Morgan fingerprint density at radius 3 is 0.880 bits per heavy atom. The van der Waals surface area contributed by atoms with Gasteiger partial charge in [-0.3, -0.25) is 0 Å². The van der Waals surface area contributed by atoms with Crippen molar-refractivity contribution in [2.75, 3.05) is 52.9 Å². The van der Waals surface area contributed by atoms with Crippen molar-refractivity contribution in [3.63, 3.8) is 0 Å². The lowest BCUT2D eigenvalue weighted by Crippen LogP contribution is -2.43. The smallest absolute Gasteiger partial charge is 0.0745 e. The Morgan fingerprint density at radius 1 is 0.520 bits per heavy atom. The first-order valence-electron chi connectivity index (χ1n) is 8.70. The summed E-state index contributed by atoms with van der Waals surface area (Å²) in [5, 5.41) is 37.5. The molecule has 0 saturated carbocycles. The molecule has 0 fully saturated rings. The molecule has 0 aliphatic carbocycles. The average molecular weight is 368 g/mol. The van der Waals surface area contributed by atoms with Crippen molar-refractivity contribution in [2.45, 2.75) is 52.1 Å². The molecular weight excluding hydrogens is 332 g/mol. The lowest BCUT2D eigenvalue weighted by Gasteiger charge is -2.33. The third kappa shape index (κ3) is 14.5. The van der Waals surface area contributed by atoms with E-state index in [1.165, 1.54) is 0 Å². The highest BCUT2D eigenvalue weighted by Crippen LogP contribution is 2.21. The van der Waals surface area contributed by atoms with Gasteiger partial charge in [0.05, 0.1) is 82.7 Å². The molecule has 0 spiro atoms. The van der Waals surface area contributed by atoms with Crippen LogP contribution in [0.15, 0.2) is 0 Å². The van der Waals surface area contributed by atoms with Gasteiger partial charge in [0.2, 0.25) is 0 Å². The Labute approximate surface area is 150 Å². The van der Waals surface area contributed by atoms with Gasteiger partial charge in [-0.1, -0.05) is 0 Å². The van der Waals surface area contributed by atoms with Crippen LogP contribution in [0.1, 0.15) is 27.7 Å². The fourth-order valence-corrected chi connectivity index (χ4v) is 2.03. The van der Waals surface area contributed by atoms with E-state index in [9.17, 15) is 20.4 Å². The van der Waals surface area contributed by atoms with Gasteiger partial charge in [0, 0.05) is 0 Å². The van der Waals surface area contributed by atoms with E-state index in [1.54, 1.807) is 27.7 Å². The Balaban J connectivity index is 4.85. The zero-order chi connectivity index (χ0) is 19.3. The monoisotopic (exact) mass is 368 g/mol. The van der Waals surface area contributed by atoms with Gasteiger partial charge >= 0.3 is 0 Å². The molecule has 0 bridgehead atoms. The largest absolute Gasteiger partial charge is 0.391 e. The predicted molar refractivity (Wildman–Crippen MR) is 92.4 cm³/mol. The summed E-state index contributed by atoms with van der Waals surface area (Å²) in [7, 11) is 0. The zero-order valence-corrected chi connectivity index (χ0v) is 15.9. The summed E-state index contributed by atoms with van der Waals surface area (Å²) in [5.74, 6) is 0. The summed E-state index contributed by atoms with van der Waals surface area (Å²) in [5.41, 5.74) is -0.687. The number of aliphatic hydroxyl groups excluding tert-OH is 4. The quantitative estimate of drug-likeness (QED) is 0.290. The zero-order valence-electron chi connectivity index (χ0n) is 15.9. The van der Waals surface area contributed by atoms with Crippen LogP contribution in [-0.4, -0.2) is 97.7 Å². The third-order valence-corrected chi connectivity index (χ3v) is 3.07. The highest BCUT2D eigenvalue weighted by Gasteiger charge is 2.33. The average Bonchev–Trinajstić information content (AvgIpc) is 2.45. The second-order valence-corrected chi connectivity index (χ2v) is 6.96. The van der Waals surface area contributed by atoms with E-state index >= 15 is 0 Å². The molecule has 0 aromatic carbocycles. The molecule has 25 heavy (non-hydrogen) atoms. The molecule has 152 valence electrons. The highest BCUT2D eigenvalue weighted by molar-refractivity contribution is 4.80. The van der Waals surface area contributed by atoms with Crippen LogP contribution in [0, 0.1) is 5.41 Å². The van der Waals surface area contributed by atoms with Crippen LogP contribution in [0.3, 0.4) is 0 Å². The number of rotatable bonds is 16. The molecule has 0 aliphatic heterocycles. The third-order valence-electron chi connectivity index (χ3n) is 3.07. The minimum absolute atomic E-state index is 0.158. The van der Waals surface area contributed by atoms with Crippen LogP contribution in [0.2, 0.25) is 0 Å². The maximum absolute atomic E-state index is 9.38. The summed E-state index contributed by atoms with van der Waals surface area (Å²) < 4.78 is 22.2. The molecular formula is C17H36O8. The minimum atomic E-state index is -0.687. The predicted octanol–water partition coefficient (Wildman–Crippen LogP) is -0.438. The molecule has 0 saturated heterocycles. The van der Waals surface area contributed by atoms with Crippen molar-refractivity contribution in [2.24, 2.45) is 5.41 Å². The summed E-state index contributed by atoms with van der Waals surface area (Å²) in [6.45, 7) is 7.95. The highest BCUT2D eigenvalue weighted by atomic mass is 16.5.